The van der Waals surface area contributed by atoms with Crippen LogP contribution in [-0.2, 0) is 19.1 Å². The highest BCUT2D eigenvalue weighted by Crippen LogP contribution is 2.50. The van der Waals surface area contributed by atoms with Gasteiger partial charge in [-0.2, -0.15) is 23.5 Å². The number of hydrogen-bond donors (Lipinski definition) is 4. The molecule has 2 aromatic heterocycles. The number of hydrogen-bond acceptors (Lipinski definition) is 10. The van der Waals surface area contributed by atoms with Crippen LogP contribution < -0.4 is 10.6 Å². The highest BCUT2D eigenvalue weighted by atomic mass is 32.2. The second-order valence-electron chi connectivity index (χ2n) is 20.8. The fourth-order valence-electron chi connectivity index (χ4n) is 13.2. The van der Waals surface area contributed by atoms with Crippen molar-refractivity contribution in [2.75, 3.05) is 38.2 Å². The van der Waals surface area contributed by atoms with Gasteiger partial charge in [0, 0.05) is 12.1 Å². The summed E-state index contributed by atoms with van der Waals surface area (Å²) in [6.07, 6.45) is 32.6. The molecule has 2 saturated heterocycles. The number of aromatic nitrogens is 4. The quantitative estimate of drug-likeness (QED) is 0.143. The Morgan fingerprint density at radius 2 is 1.32 bits per heavy atom. The smallest absolute Gasteiger partial charge is 0.407 e. The number of nitrogens with one attached hydrogen (secondary N) is 4. The summed E-state index contributed by atoms with van der Waals surface area (Å²) in [6.45, 7) is 2.40. The number of H-pyrrole nitrogens is 2. The van der Waals surface area contributed by atoms with Crippen LogP contribution in [0.1, 0.15) is 151 Å². The van der Waals surface area contributed by atoms with Crippen LogP contribution in [0.25, 0.3) is 11.1 Å². The molecule has 11 atom stereocenters. The third-order valence-corrected chi connectivity index (χ3v) is 18.1. The molecule has 4 unspecified atom stereocenters. The van der Waals surface area contributed by atoms with Crippen molar-refractivity contribution < 1.29 is 28.7 Å². The zero-order valence-corrected chi connectivity index (χ0v) is 42.9. The van der Waals surface area contributed by atoms with Crippen LogP contribution in [0.15, 0.2) is 47.8 Å². The molecule has 374 valence electrons. The zero-order valence-electron chi connectivity index (χ0n) is 41.3. The van der Waals surface area contributed by atoms with Crippen molar-refractivity contribution in [3.8, 4) is 0 Å². The van der Waals surface area contributed by atoms with Crippen LogP contribution in [0, 0.1) is 29.6 Å². The van der Waals surface area contributed by atoms with Gasteiger partial charge in [0.15, 0.2) is 0 Å². The number of carbonyl (C=O) groups excluding carboxylic acids is 4. The first kappa shape index (κ1) is 49.5. The molecule has 0 radical (unpaired) electrons. The van der Waals surface area contributed by atoms with E-state index in [4.69, 9.17) is 19.4 Å². The first-order valence-corrected chi connectivity index (χ1v) is 28.6. The first-order valence-electron chi connectivity index (χ1n) is 25.8. The number of alkyl carbamates (subject to hydrolysis) is 2. The summed E-state index contributed by atoms with van der Waals surface area (Å²) in [5.74, 6) is 4.88. The summed E-state index contributed by atoms with van der Waals surface area (Å²) in [5.41, 5.74) is 7.21. The van der Waals surface area contributed by atoms with E-state index in [1.807, 2.05) is 24.9 Å². The summed E-state index contributed by atoms with van der Waals surface area (Å²) in [7, 11) is 2.69. The van der Waals surface area contributed by atoms with E-state index in [9.17, 15) is 19.2 Å². The molecule has 4 fully saturated rings. The summed E-state index contributed by atoms with van der Waals surface area (Å²) < 4.78 is 9.97. The van der Waals surface area contributed by atoms with E-state index >= 15 is 0 Å². The highest BCUT2D eigenvalue weighted by Gasteiger charge is 2.50. The van der Waals surface area contributed by atoms with E-state index in [1.165, 1.54) is 36.5 Å². The van der Waals surface area contributed by atoms with Crippen LogP contribution in [0.4, 0.5) is 9.59 Å². The van der Waals surface area contributed by atoms with Crippen molar-refractivity contribution in [1.82, 2.24) is 40.4 Å². The van der Waals surface area contributed by atoms with Gasteiger partial charge < -0.3 is 39.9 Å². The maximum atomic E-state index is 14.7. The normalized spacial score (nSPS) is 29.6. The van der Waals surface area contributed by atoms with E-state index in [1.54, 1.807) is 23.5 Å². The van der Waals surface area contributed by atoms with Crippen LogP contribution in [0.5, 0.6) is 0 Å². The monoisotopic (exact) mass is 983 g/mol. The van der Waals surface area contributed by atoms with Gasteiger partial charge in [-0.1, -0.05) is 62.5 Å². The molecule has 10 aliphatic rings. The second-order valence-corrected chi connectivity index (χ2v) is 22.7. The highest BCUT2D eigenvalue weighted by molar-refractivity contribution is 7.98. The zero-order chi connectivity index (χ0) is 48.2. The number of carbonyl (C=O) groups is 4. The van der Waals surface area contributed by atoms with Gasteiger partial charge in [0.25, 0.3) is 0 Å². The molecule has 0 aromatic carbocycles. The number of allylic oxidation sites excluding steroid dienone is 8. The number of rotatable bonds is 14. The van der Waals surface area contributed by atoms with E-state index < -0.39 is 24.3 Å². The maximum absolute atomic E-state index is 14.7. The number of methoxy groups -OCH3 is 2. The largest absolute Gasteiger partial charge is 0.453 e. The average molecular weight is 983 g/mol. The van der Waals surface area contributed by atoms with Gasteiger partial charge in [-0.05, 0) is 154 Å². The van der Waals surface area contributed by atoms with E-state index in [2.05, 4.69) is 61.6 Å². The Kier molecular flexibility index (Phi) is 16.0. The summed E-state index contributed by atoms with van der Waals surface area (Å²) in [4.78, 5) is 76.6. The number of likely N-dealkylation sites (tertiary alicyclic amines) is 2. The third-order valence-electron chi connectivity index (χ3n) is 16.8. The standard InChI is InChI=1S/C53H74N8O6S2/c1-31-24-37-26-38(42-29-54-48(56-42)46-27-35-10-6-8-12-44(35)60(46)50(62)40(20-22-68-4)58-52(64)66-2)34(19-16-32-14-17-33(31)18-15-32)25-39(37)43-30-55-49(57-43)47-28-36-11-7-9-13-45(36)61(47)51(63)41(21-23-69-5)59-53(65)67-3/h14-15,17,25,29-31,33,35-37,40-41,44-47H,6-13,16,18-24,26-28H2,1-5H3,(H,54,56)(H,55,57)(H,58,64)(H,59,65)/t31-,33-,35?,36?,37+,40+,41+,44?,45?,46+,47+/m1/s1. The fraction of sp³-hybridized carbons (Fsp3) is 0.660. The van der Waals surface area contributed by atoms with Gasteiger partial charge in [-0.3, -0.25) is 9.59 Å². The van der Waals surface area contributed by atoms with Crippen molar-refractivity contribution in [1.29, 1.82) is 0 Å². The molecule has 8 aliphatic carbocycles. The predicted octanol–water partition coefficient (Wildman–Crippen LogP) is 9.93. The minimum absolute atomic E-state index is 0.0480. The molecule has 2 aromatic rings. The molecule has 4 bridgehead atoms. The van der Waals surface area contributed by atoms with E-state index in [0.29, 0.717) is 36.5 Å². The Hall–Kier alpha value is -4.44. The molecule has 0 spiro atoms. The molecule has 12 rings (SSSR count). The fourth-order valence-corrected chi connectivity index (χ4v) is 14.1. The molecule has 2 saturated carbocycles. The van der Waals surface area contributed by atoms with Crippen molar-refractivity contribution in [2.24, 2.45) is 29.6 Å². The number of fused-ring (bicyclic) bond motifs is 2. The van der Waals surface area contributed by atoms with Gasteiger partial charge in [-0.15, -0.1) is 0 Å². The number of imidazole rings is 2. The Morgan fingerprint density at radius 3 is 1.86 bits per heavy atom. The van der Waals surface area contributed by atoms with E-state index in [-0.39, 0.29) is 41.9 Å². The lowest BCUT2D eigenvalue weighted by Crippen LogP contribution is -2.52. The number of aromatic amines is 2. The Labute approximate surface area is 416 Å². The summed E-state index contributed by atoms with van der Waals surface area (Å²) in [6, 6.07) is -1.55. The Morgan fingerprint density at radius 1 is 0.768 bits per heavy atom. The molecule has 16 heteroatoms. The summed E-state index contributed by atoms with van der Waals surface area (Å²) in [5, 5.41) is 5.76. The van der Waals surface area contributed by atoms with Gasteiger partial charge in [0.05, 0.1) is 50.1 Å². The number of amides is 4. The van der Waals surface area contributed by atoms with Gasteiger partial charge in [0.2, 0.25) is 11.8 Å². The molecule has 69 heavy (non-hydrogen) atoms. The number of thioether (sulfide) groups is 2. The van der Waals surface area contributed by atoms with E-state index in [0.717, 1.165) is 131 Å². The van der Waals surface area contributed by atoms with Crippen molar-refractivity contribution in [3.63, 3.8) is 0 Å². The number of ether oxygens (including phenoxy) is 2. The molecule has 4 heterocycles. The van der Waals surface area contributed by atoms with Crippen LogP contribution in [-0.4, -0.2) is 116 Å². The molecule has 4 amide bonds. The molecule has 2 aliphatic heterocycles. The molecular formula is C53H74N8O6S2. The first-order chi connectivity index (χ1) is 33.6. The lowest BCUT2D eigenvalue weighted by molar-refractivity contribution is -0.138. The average Bonchev–Trinajstić information content (AvgIpc) is 4.20. The minimum Gasteiger partial charge on any atom is -0.453 e. The topological polar surface area (TPSA) is 175 Å². The SMILES string of the molecule is COC(=O)N[C@@H](CCSC)C(=O)N1C2CCCCC2C[C@H]1c1ncc(C2=CC3=C(c4cnc([C@@H]5CC6CCCCC6N5C(=O)[C@H](CCSC)NC(=O)OC)[nH]4)C[C@@H]2C[C@@H](C)[C@@H]2C=CC(=CC2)CC3)[nH]1. The summed E-state index contributed by atoms with van der Waals surface area (Å²) >= 11 is 3.33. The number of nitrogens with zero attached hydrogens (tertiary/aromatic N) is 4. The molecule has 4 N–H and O–H groups in total. The van der Waals surface area contributed by atoms with Crippen molar-refractivity contribution in [2.45, 2.75) is 152 Å². The van der Waals surface area contributed by atoms with Crippen LogP contribution in [0.3, 0.4) is 0 Å². The second kappa shape index (κ2) is 22.3. The lowest BCUT2D eigenvalue weighted by atomic mass is 9.72. The van der Waals surface area contributed by atoms with Gasteiger partial charge in [-0.25, -0.2) is 19.6 Å². The van der Waals surface area contributed by atoms with Gasteiger partial charge in [0.1, 0.15) is 23.7 Å². The van der Waals surface area contributed by atoms with Crippen LogP contribution >= 0.6 is 23.5 Å². The molecule has 14 nitrogen and oxygen atoms in total. The Balaban J connectivity index is 1.06. The maximum Gasteiger partial charge on any atom is 0.407 e. The minimum atomic E-state index is -0.673. The van der Waals surface area contributed by atoms with Crippen molar-refractivity contribution >= 4 is 58.7 Å². The third kappa shape index (κ3) is 10.6. The van der Waals surface area contributed by atoms with Crippen LogP contribution in [0.2, 0.25) is 0 Å². The van der Waals surface area contributed by atoms with Crippen molar-refractivity contribution in [3.05, 3.63) is 70.9 Å². The molecular weight excluding hydrogens is 909 g/mol. The Bertz CT molecular complexity index is 2320. The van der Waals surface area contributed by atoms with Gasteiger partial charge >= 0.3 is 12.2 Å². The predicted molar refractivity (Wildman–Crippen MR) is 273 cm³/mol. The lowest BCUT2D eigenvalue weighted by Gasteiger charge is -2.36.